The topological polar surface area (TPSA) is 25.2 Å². The second-order valence-corrected chi connectivity index (χ2v) is 11.7. The van der Waals surface area contributed by atoms with Crippen molar-refractivity contribution in [3.63, 3.8) is 0 Å². The molecule has 1 aromatic heterocycles. The van der Waals surface area contributed by atoms with E-state index in [1.807, 2.05) is 0 Å². The van der Waals surface area contributed by atoms with Crippen LogP contribution in [-0.4, -0.2) is 0 Å². The van der Waals surface area contributed by atoms with Gasteiger partial charge in [0, 0.05) is 16.5 Å². The molecule has 10 rings (SSSR count). The SMILES string of the molecule is c1ccc2c(c1)-c1ccccc1C21c2ccccc2-c2ccc(Nc3cccc4c3oc3ccc5ccccc5c34)cc21. The monoisotopic (exact) mass is 547 g/mol. The highest BCUT2D eigenvalue weighted by Gasteiger charge is 2.51. The van der Waals surface area contributed by atoms with E-state index >= 15 is 0 Å². The van der Waals surface area contributed by atoms with Crippen LogP contribution in [0.25, 0.3) is 55.0 Å². The van der Waals surface area contributed by atoms with Crippen molar-refractivity contribution in [1.29, 1.82) is 0 Å². The lowest BCUT2D eigenvalue weighted by molar-refractivity contribution is 0.670. The number of anilines is 2. The van der Waals surface area contributed by atoms with Gasteiger partial charge in [-0.05, 0) is 79.5 Å². The van der Waals surface area contributed by atoms with Crippen molar-refractivity contribution < 1.29 is 4.42 Å². The summed E-state index contributed by atoms with van der Waals surface area (Å²) in [6.07, 6.45) is 0. The van der Waals surface area contributed by atoms with Crippen molar-refractivity contribution in [3.05, 3.63) is 168 Å². The van der Waals surface area contributed by atoms with Crippen LogP contribution in [0.4, 0.5) is 11.4 Å². The average molecular weight is 548 g/mol. The van der Waals surface area contributed by atoms with E-state index in [2.05, 4.69) is 151 Å². The van der Waals surface area contributed by atoms with Gasteiger partial charge in [0.15, 0.2) is 5.58 Å². The van der Waals surface area contributed by atoms with Gasteiger partial charge in [0.2, 0.25) is 0 Å². The minimum absolute atomic E-state index is 0.360. The molecule has 0 bridgehead atoms. The van der Waals surface area contributed by atoms with Crippen molar-refractivity contribution in [2.24, 2.45) is 0 Å². The molecule has 0 saturated carbocycles. The standard InChI is InChI=1S/C41H25NO/c1-2-11-27-25(10-1)20-23-38-39(27)32-15-9-19-37(40(32)43-38)42-26-21-22-31-30-14-5-8-18-35(30)41(36(31)24-26)33-16-6-3-12-28(33)29-13-4-7-17-34(29)41/h1-24,42H. The molecule has 2 nitrogen and oxygen atoms in total. The summed E-state index contributed by atoms with van der Waals surface area (Å²) in [7, 11) is 0. The normalized spacial score (nSPS) is 13.8. The van der Waals surface area contributed by atoms with Crippen LogP contribution in [0.5, 0.6) is 0 Å². The Morgan fingerprint density at radius 2 is 1.07 bits per heavy atom. The van der Waals surface area contributed by atoms with Gasteiger partial charge < -0.3 is 9.73 Å². The lowest BCUT2D eigenvalue weighted by Gasteiger charge is -2.30. The van der Waals surface area contributed by atoms with E-state index in [0.29, 0.717) is 0 Å². The predicted octanol–water partition coefficient (Wildman–Crippen LogP) is 10.8. The van der Waals surface area contributed by atoms with E-state index < -0.39 is 0 Å². The molecule has 0 fully saturated rings. The quantitative estimate of drug-likeness (QED) is 0.233. The number of nitrogens with one attached hydrogen (secondary N) is 1. The Morgan fingerprint density at radius 3 is 1.79 bits per heavy atom. The van der Waals surface area contributed by atoms with E-state index in [1.165, 1.54) is 60.7 Å². The second-order valence-electron chi connectivity index (χ2n) is 11.7. The first-order valence-corrected chi connectivity index (χ1v) is 14.9. The van der Waals surface area contributed by atoms with Crippen LogP contribution < -0.4 is 5.32 Å². The summed E-state index contributed by atoms with van der Waals surface area (Å²) in [5.41, 5.74) is 14.1. The maximum absolute atomic E-state index is 6.53. The summed E-state index contributed by atoms with van der Waals surface area (Å²) in [6, 6.07) is 52.8. The fourth-order valence-corrected chi connectivity index (χ4v) is 7.99. The van der Waals surface area contributed by atoms with Crippen LogP contribution in [0.1, 0.15) is 22.3 Å². The Balaban J connectivity index is 1.20. The van der Waals surface area contributed by atoms with Gasteiger partial charge in [0.1, 0.15) is 5.58 Å². The Hall–Kier alpha value is -5.60. The third-order valence-corrected chi connectivity index (χ3v) is 9.66. The fraction of sp³-hybridized carbons (Fsp3) is 0.0244. The van der Waals surface area contributed by atoms with Gasteiger partial charge in [0.05, 0.1) is 11.1 Å². The van der Waals surface area contributed by atoms with Crippen molar-refractivity contribution in [3.8, 4) is 22.3 Å². The molecule has 7 aromatic carbocycles. The molecule has 0 atom stereocenters. The maximum Gasteiger partial charge on any atom is 0.158 e. The average Bonchev–Trinajstić information content (AvgIpc) is 3.70. The molecule has 0 radical (unpaired) electrons. The van der Waals surface area contributed by atoms with E-state index in [0.717, 1.165) is 27.9 Å². The van der Waals surface area contributed by atoms with Crippen molar-refractivity contribution >= 4 is 44.1 Å². The zero-order chi connectivity index (χ0) is 28.1. The largest absolute Gasteiger partial charge is 0.454 e. The Bertz CT molecular complexity index is 2380. The summed E-state index contributed by atoms with van der Waals surface area (Å²) >= 11 is 0. The van der Waals surface area contributed by atoms with Gasteiger partial charge in [-0.2, -0.15) is 0 Å². The first-order valence-electron chi connectivity index (χ1n) is 14.9. The molecule has 1 spiro atoms. The van der Waals surface area contributed by atoms with Gasteiger partial charge in [-0.3, -0.25) is 0 Å². The van der Waals surface area contributed by atoms with Crippen LogP contribution in [-0.2, 0) is 5.41 Å². The molecular weight excluding hydrogens is 522 g/mol. The van der Waals surface area contributed by atoms with Gasteiger partial charge in [0.25, 0.3) is 0 Å². The van der Waals surface area contributed by atoms with Crippen LogP contribution in [0.2, 0.25) is 0 Å². The summed E-state index contributed by atoms with van der Waals surface area (Å²) in [4.78, 5) is 0. The molecule has 200 valence electrons. The van der Waals surface area contributed by atoms with Crippen LogP contribution >= 0.6 is 0 Å². The highest BCUT2D eigenvalue weighted by Crippen LogP contribution is 2.63. The molecule has 0 saturated heterocycles. The molecule has 0 unspecified atom stereocenters. The van der Waals surface area contributed by atoms with Crippen LogP contribution in [0, 0.1) is 0 Å². The molecule has 8 aromatic rings. The lowest BCUT2D eigenvalue weighted by atomic mass is 9.70. The molecular formula is C41H25NO. The number of hydrogen-bond donors (Lipinski definition) is 1. The zero-order valence-corrected chi connectivity index (χ0v) is 23.3. The molecule has 43 heavy (non-hydrogen) atoms. The summed E-state index contributed by atoms with van der Waals surface area (Å²) in [5.74, 6) is 0. The van der Waals surface area contributed by atoms with Crippen molar-refractivity contribution in [2.45, 2.75) is 5.41 Å². The third kappa shape index (κ3) is 2.88. The van der Waals surface area contributed by atoms with E-state index in [1.54, 1.807) is 0 Å². The third-order valence-electron chi connectivity index (χ3n) is 9.66. The van der Waals surface area contributed by atoms with Gasteiger partial charge in [-0.1, -0.05) is 121 Å². The Kier molecular flexibility index (Phi) is 4.41. The summed E-state index contributed by atoms with van der Waals surface area (Å²) in [5, 5.41) is 8.50. The molecule has 1 heterocycles. The van der Waals surface area contributed by atoms with Crippen molar-refractivity contribution in [2.75, 3.05) is 5.32 Å². The molecule has 2 aliphatic carbocycles. The zero-order valence-electron chi connectivity index (χ0n) is 23.3. The number of hydrogen-bond acceptors (Lipinski definition) is 2. The van der Waals surface area contributed by atoms with Gasteiger partial charge in [-0.15, -0.1) is 0 Å². The Labute approximate surface area is 248 Å². The molecule has 1 N–H and O–H groups in total. The van der Waals surface area contributed by atoms with Crippen LogP contribution in [0.15, 0.2) is 150 Å². The number of rotatable bonds is 2. The van der Waals surface area contributed by atoms with E-state index in [9.17, 15) is 0 Å². The number of furan rings is 1. The molecule has 2 heteroatoms. The molecule has 0 amide bonds. The Morgan fingerprint density at radius 1 is 0.465 bits per heavy atom. The fourth-order valence-electron chi connectivity index (χ4n) is 7.99. The number of para-hydroxylation sites is 1. The van der Waals surface area contributed by atoms with Gasteiger partial charge in [-0.25, -0.2) is 0 Å². The summed E-state index contributed by atoms with van der Waals surface area (Å²) < 4.78 is 6.53. The maximum atomic E-state index is 6.53. The molecule has 2 aliphatic rings. The van der Waals surface area contributed by atoms with Crippen LogP contribution in [0.3, 0.4) is 0 Å². The minimum atomic E-state index is -0.360. The summed E-state index contributed by atoms with van der Waals surface area (Å²) in [6.45, 7) is 0. The first kappa shape index (κ1) is 23.0. The number of fused-ring (bicyclic) bond motifs is 15. The second kappa shape index (κ2) is 8.24. The van der Waals surface area contributed by atoms with Crippen molar-refractivity contribution in [1.82, 2.24) is 0 Å². The smallest absolute Gasteiger partial charge is 0.158 e. The number of benzene rings is 7. The highest BCUT2D eigenvalue weighted by molar-refractivity contribution is 6.20. The molecule has 0 aliphatic heterocycles. The van der Waals surface area contributed by atoms with E-state index in [4.69, 9.17) is 4.42 Å². The minimum Gasteiger partial charge on any atom is -0.454 e. The highest BCUT2D eigenvalue weighted by atomic mass is 16.3. The lowest BCUT2D eigenvalue weighted by Crippen LogP contribution is -2.25. The van der Waals surface area contributed by atoms with E-state index in [-0.39, 0.29) is 5.41 Å². The predicted molar refractivity (Wildman–Crippen MR) is 177 cm³/mol. The van der Waals surface area contributed by atoms with Gasteiger partial charge >= 0.3 is 0 Å². The first-order chi connectivity index (χ1) is 21.3.